The summed E-state index contributed by atoms with van der Waals surface area (Å²) in [7, 11) is 1.31. The molecule has 0 rings (SSSR count). The maximum Gasteiger partial charge on any atom is 0.392 e. The maximum absolute atomic E-state index is 13.9. The molecule has 0 saturated carbocycles. The van der Waals surface area contributed by atoms with E-state index in [1.807, 2.05) is 0 Å². The molecule has 0 atom stereocenters. The number of carbonyl (C=O) groups is 2. The normalized spacial score (nSPS) is 13.4. The van der Waals surface area contributed by atoms with Crippen LogP contribution >= 0.6 is 0 Å². The van der Waals surface area contributed by atoms with Crippen molar-refractivity contribution in [1.29, 1.82) is 0 Å². The Morgan fingerprint density at radius 1 is 0.643 bits per heavy atom. The second-order valence-corrected chi connectivity index (χ2v) is 6.46. The van der Waals surface area contributed by atoms with Gasteiger partial charge in [0.1, 0.15) is 0 Å². The predicted molar refractivity (Wildman–Crippen MR) is 84.9 cm³/mol. The first-order valence-corrected chi connectivity index (χ1v) is 8.56. The molecule has 166 valence electrons. The second kappa shape index (κ2) is 9.25. The molecular formula is C16H24F8N2O2. The van der Waals surface area contributed by atoms with Gasteiger partial charge in [-0.15, -0.1) is 0 Å². The zero-order valence-electron chi connectivity index (χ0n) is 16.0. The Hall–Kier alpha value is -1.62. The molecule has 0 aromatic carbocycles. The largest absolute Gasteiger partial charge is 0.392 e. The van der Waals surface area contributed by atoms with Crippen molar-refractivity contribution in [2.24, 2.45) is 0 Å². The van der Waals surface area contributed by atoms with E-state index in [1.165, 1.54) is 0 Å². The topological polar surface area (TPSA) is 40.6 Å². The van der Waals surface area contributed by atoms with Gasteiger partial charge in [-0.25, -0.2) is 0 Å². The molecule has 0 bridgehead atoms. The number of amides is 2. The molecule has 0 aromatic rings. The van der Waals surface area contributed by atoms with Crippen molar-refractivity contribution in [2.45, 2.75) is 63.2 Å². The molecular weight excluding hydrogens is 404 g/mol. The zero-order chi connectivity index (χ0) is 22.6. The van der Waals surface area contributed by atoms with Crippen LogP contribution in [0.1, 0.15) is 39.5 Å². The smallest absolute Gasteiger partial charge is 0.340 e. The Morgan fingerprint density at radius 2 is 0.893 bits per heavy atom. The Bertz CT molecular complexity index is 507. The third-order valence-corrected chi connectivity index (χ3v) is 4.11. The minimum Gasteiger partial charge on any atom is -0.340 e. The van der Waals surface area contributed by atoms with E-state index in [4.69, 9.17) is 0 Å². The van der Waals surface area contributed by atoms with E-state index in [0.717, 1.165) is 0 Å². The van der Waals surface area contributed by atoms with Crippen LogP contribution in [0.3, 0.4) is 0 Å². The van der Waals surface area contributed by atoms with E-state index in [9.17, 15) is 44.7 Å². The van der Waals surface area contributed by atoms with Gasteiger partial charge in [0.05, 0.1) is 0 Å². The quantitative estimate of drug-likeness (QED) is 0.466. The minimum absolute atomic E-state index is 0.0564. The second-order valence-electron chi connectivity index (χ2n) is 6.46. The summed E-state index contributed by atoms with van der Waals surface area (Å²) >= 11 is 0. The lowest BCUT2D eigenvalue weighted by Crippen LogP contribution is -2.69. The third-order valence-electron chi connectivity index (χ3n) is 4.11. The number of carbonyl (C=O) groups excluding carboxylic acids is 2. The predicted octanol–water partition coefficient (Wildman–Crippen LogP) is 4.04. The highest BCUT2D eigenvalue weighted by Gasteiger charge is 2.85. The fraction of sp³-hybridized carbons (Fsp3) is 0.875. The van der Waals surface area contributed by atoms with Gasteiger partial charge in [0, 0.05) is 27.2 Å². The van der Waals surface area contributed by atoms with Gasteiger partial charge < -0.3 is 9.80 Å². The van der Waals surface area contributed by atoms with Crippen molar-refractivity contribution < 1.29 is 44.7 Å². The average Bonchev–Trinajstić information content (AvgIpc) is 2.61. The van der Waals surface area contributed by atoms with Crippen LogP contribution in [0, 0.1) is 0 Å². The molecule has 4 nitrogen and oxygen atoms in total. The molecule has 0 aliphatic carbocycles. The third kappa shape index (κ3) is 4.68. The van der Waals surface area contributed by atoms with Gasteiger partial charge in [-0.05, 0) is 12.8 Å². The zero-order valence-corrected chi connectivity index (χ0v) is 16.0. The first-order valence-electron chi connectivity index (χ1n) is 8.56. The van der Waals surface area contributed by atoms with Gasteiger partial charge >= 0.3 is 23.7 Å². The van der Waals surface area contributed by atoms with Gasteiger partial charge in [-0.1, -0.05) is 26.7 Å². The molecule has 2 amide bonds. The lowest BCUT2D eigenvalue weighted by Gasteiger charge is -2.37. The van der Waals surface area contributed by atoms with Crippen LogP contribution in [0.25, 0.3) is 0 Å². The van der Waals surface area contributed by atoms with E-state index in [2.05, 4.69) is 0 Å². The van der Waals surface area contributed by atoms with Gasteiger partial charge in [-0.2, -0.15) is 35.1 Å². The molecule has 0 aromatic heterocycles. The van der Waals surface area contributed by atoms with Crippen LogP contribution < -0.4 is 0 Å². The van der Waals surface area contributed by atoms with Gasteiger partial charge in [0.2, 0.25) is 0 Å². The number of hydrogen-bond acceptors (Lipinski definition) is 2. The highest BCUT2D eigenvalue weighted by Crippen LogP contribution is 2.53. The SMILES string of the molecule is CCCCN(C)C(=O)C(F)(F)C(F)(F)C(F)(F)C(F)(F)C(=O)N(C)CCCC. The Balaban J connectivity index is 5.87. The van der Waals surface area contributed by atoms with Crippen molar-refractivity contribution in [3.05, 3.63) is 0 Å². The van der Waals surface area contributed by atoms with Gasteiger partial charge in [0.15, 0.2) is 0 Å². The molecule has 0 heterocycles. The number of hydrogen-bond donors (Lipinski definition) is 0. The molecule has 0 aliphatic rings. The monoisotopic (exact) mass is 428 g/mol. The Kier molecular flexibility index (Phi) is 8.72. The number of unbranched alkanes of at least 4 members (excludes halogenated alkanes) is 2. The maximum atomic E-state index is 13.9. The van der Waals surface area contributed by atoms with Gasteiger partial charge in [0.25, 0.3) is 11.8 Å². The summed E-state index contributed by atoms with van der Waals surface area (Å²) in [5.41, 5.74) is 0. The van der Waals surface area contributed by atoms with Crippen LogP contribution in [0.2, 0.25) is 0 Å². The first-order chi connectivity index (χ1) is 12.5. The van der Waals surface area contributed by atoms with Crippen LogP contribution in [0.4, 0.5) is 35.1 Å². The van der Waals surface area contributed by atoms with Crippen LogP contribution in [-0.4, -0.2) is 72.5 Å². The van der Waals surface area contributed by atoms with Crippen molar-refractivity contribution >= 4 is 11.8 Å². The molecule has 0 unspecified atom stereocenters. The van der Waals surface area contributed by atoms with Crippen molar-refractivity contribution in [3.63, 3.8) is 0 Å². The van der Waals surface area contributed by atoms with Crippen LogP contribution in [-0.2, 0) is 9.59 Å². The van der Waals surface area contributed by atoms with Gasteiger partial charge in [-0.3, -0.25) is 9.59 Å². The summed E-state index contributed by atoms with van der Waals surface area (Å²) in [6.07, 6.45) is 0.924. The summed E-state index contributed by atoms with van der Waals surface area (Å²) in [6.45, 7) is 2.23. The van der Waals surface area contributed by atoms with Crippen molar-refractivity contribution in [3.8, 4) is 0 Å². The van der Waals surface area contributed by atoms with E-state index < -0.39 is 48.6 Å². The van der Waals surface area contributed by atoms with E-state index in [1.54, 1.807) is 13.8 Å². The van der Waals surface area contributed by atoms with Crippen LogP contribution in [0.5, 0.6) is 0 Å². The molecule has 12 heteroatoms. The molecule has 0 N–H and O–H groups in total. The molecule has 0 radical (unpaired) electrons. The van der Waals surface area contributed by atoms with Crippen molar-refractivity contribution in [1.82, 2.24) is 9.80 Å². The molecule has 0 spiro atoms. The molecule has 28 heavy (non-hydrogen) atoms. The first kappa shape index (κ1) is 26.4. The fourth-order valence-corrected chi connectivity index (χ4v) is 2.14. The fourth-order valence-electron chi connectivity index (χ4n) is 2.14. The van der Waals surface area contributed by atoms with Crippen LogP contribution in [0.15, 0.2) is 0 Å². The minimum atomic E-state index is -6.82. The van der Waals surface area contributed by atoms with Crippen molar-refractivity contribution in [2.75, 3.05) is 27.2 Å². The highest BCUT2D eigenvalue weighted by atomic mass is 19.4. The summed E-state index contributed by atoms with van der Waals surface area (Å²) in [6, 6.07) is 0. The molecule has 0 aliphatic heterocycles. The van der Waals surface area contributed by atoms with E-state index in [0.29, 0.717) is 26.9 Å². The highest BCUT2D eigenvalue weighted by molar-refractivity contribution is 5.87. The summed E-state index contributed by atoms with van der Waals surface area (Å²) in [4.78, 5) is 23.2. The Morgan fingerprint density at radius 3 is 1.11 bits per heavy atom. The lowest BCUT2D eigenvalue weighted by atomic mass is 9.96. The molecule has 0 fully saturated rings. The summed E-state index contributed by atoms with van der Waals surface area (Å²) < 4.78 is 111. The van der Waals surface area contributed by atoms with E-state index >= 15 is 0 Å². The number of nitrogens with zero attached hydrogens (tertiary/aromatic N) is 2. The lowest BCUT2D eigenvalue weighted by molar-refractivity contribution is -0.350. The summed E-state index contributed by atoms with van der Waals surface area (Å²) in [5.74, 6) is -31.4. The standard InChI is InChI=1S/C16H24F8N2O2/c1-5-7-9-25(3)11(27)13(17,18)15(21,22)16(23,24)14(19,20)12(28)26(4)10-8-6-2/h5-10H2,1-4H3. The van der Waals surface area contributed by atoms with E-state index in [-0.39, 0.29) is 22.6 Å². The number of rotatable bonds is 11. The average molecular weight is 428 g/mol. The summed E-state index contributed by atoms with van der Waals surface area (Å²) in [5, 5.41) is 0. The number of alkyl halides is 8. The molecule has 0 saturated heterocycles. The Labute approximate surface area is 157 Å². The number of halogens is 8.